The smallest absolute Gasteiger partial charge is 0.292 e. The summed E-state index contributed by atoms with van der Waals surface area (Å²) in [5, 5.41) is 14.8. The van der Waals surface area contributed by atoms with Crippen LogP contribution in [-0.4, -0.2) is 11.0 Å². The van der Waals surface area contributed by atoms with Gasteiger partial charge in [0.2, 0.25) is 0 Å². The lowest BCUT2D eigenvalue weighted by atomic mass is 10.0. The first-order valence-electron chi connectivity index (χ1n) is 6.76. The second-order valence-electron chi connectivity index (χ2n) is 5.37. The van der Waals surface area contributed by atoms with Crippen LogP contribution < -0.4 is 5.32 Å². The molecule has 1 saturated carbocycles. The van der Waals surface area contributed by atoms with E-state index in [-0.39, 0.29) is 10.6 Å². The van der Waals surface area contributed by atoms with Crippen molar-refractivity contribution in [2.45, 2.75) is 45.1 Å². The molecule has 1 fully saturated rings. The molecule has 2 atom stereocenters. The lowest BCUT2D eigenvalue weighted by Crippen LogP contribution is -2.19. The molecular weight excluding hydrogens is 264 g/mol. The highest BCUT2D eigenvalue weighted by atomic mass is 35.5. The highest BCUT2D eigenvalue weighted by molar-refractivity contribution is 6.31. The predicted octanol–water partition coefficient (Wildman–Crippen LogP) is 4.63. The molecule has 5 heteroatoms. The number of nitrogens with zero attached hydrogens (tertiary/aromatic N) is 1. The van der Waals surface area contributed by atoms with Crippen LogP contribution in [0.1, 0.15) is 39.0 Å². The summed E-state index contributed by atoms with van der Waals surface area (Å²) in [5.41, 5.74) is 0.638. The zero-order chi connectivity index (χ0) is 13.8. The molecule has 19 heavy (non-hydrogen) atoms. The van der Waals surface area contributed by atoms with Crippen molar-refractivity contribution in [1.82, 2.24) is 0 Å². The van der Waals surface area contributed by atoms with Crippen LogP contribution in [0.5, 0.6) is 0 Å². The van der Waals surface area contributed by atoms with E-state index in [1.165, 1.54) is 25.3 Å². The fourth-order valence-electron chi connectivity index (χ4n) is 2.63. The Kier molecular flexibility index (Phi) is 4.64. The third kappa shape index (κ3) is 3.83. The quantitative estimate of drug-likeness (QED) is 0.499. The van der Waals surface area contributed by atoms with E-state index in [1.54, 1.807) is 12.1 Å². The molecule has 0 amide bonds. The fourth-order valence-corrected chi connectivity index (χ4v) is 2.81. The van der Waals surface area contributed by atoms with E-state index >= 15 is 0 Å². The van der Waals surface area contributed by atoms with Gasteiger partial charge in [0.15, 0.2) is 0 Å². The predicted molar refractivity (Wildman–Crippen MR) is 77.8 cm³/mol. The summed E-state index contributed by atoms with van der Waals surface area (Å²) < 4.78 is 0. The molecule has 0 aliphatic heterocycles. The molecule has 0 bridgehead atoms. The second-order valence-corrected chi connectivity index (χ2v) is 5.81. The van der Waals surface area contributed by atoms with Crippen molar-refractivity contribution in [1.29, 1.82) is 0 Å². The minimum Gasteiger partial charge on any atom is -0.377 e. The molecular formula is C14H19ClN2O2. The van der Waals surface area contributed by atoms with E-state index in [9.17, 15) is 10.1 Å². The summed E-state index contributed by atoms with van der Waals surface area (Å²) in [7, 11) is 0. The number of nitrogens with one attached hydrogen (secondary N) is 1. The van der Waals surface area contributed by atoms with Gasteiger partial charge in [-0.05, 0) is 37.3 Å². The van der Waals surface area contributed by atoms with Crippen molar-refractivity contribution >= 4 is 23.0 Å². The molecule has 0 saturated heterocycles. The molecule has 0 heterocycles. The van der Waals surface area contributed by atoms with Crippen molar-refractivity contribution in [2.75, 3.05) is 5.32 Å². The van der Waals surface area contributed by atoms with Crippen LogP contribution in [0.25, 0.3) is 0 Å². The third-order valence-electron chi connectivity index (χ3n) is 3.77. The van der Waals surface area contributed by atoms with Crippen molar-refractivity contribution in [2.24, 2.45) is 5.92 Å². The molecule has 1 aromatic rings. The minimum atomic E-state index is -0.363. The Morgan fingerprint density at radius 2 is 2.11 bits per heavy atom. The molecule has 2 unspecified atom stereocenters. The molecule has 104 valence electrons. The van der Waals surface area contributed by atoms with Crippen molar-refractivity contribution in [3.8, 4) is 0 Å². The summed E-state index contributed by atoms with van der Waals surface area (Å²) in [6.45, 7) is 2.27. The Balaban J connectivity index is 2.13. The summed E-state index contributed by atoms with van der Waals surface area (Å²) in [4.78, 5) is 10.7. The van der Waals surface area contributed by atoms with E-state index in [4.69, 9.17) is 11.6 Å². The SMILES string of the molecule is CC1CCCC(Nc2cc(Cl)ccc2[N+](=O)[O-])CC1. The average molecular weight is 283 g/mol. The van der Waals surface area contributed by atoms with E-state index in [1.807, 2.05) is 0 Å². The Hall–Kier alpha value is -1.29. The summed E-state index contributed by atoms with van der Waals surface area (Å²) >= 11 is 5.93. The lowest BCUT2D eigenvalue weighted by molar-refractivity contribution is -0.384. The van der Waals surface area contributed by atoms with Crippen LogP contribution in [0.3, 0.4) is 0 Å². The van der Waals surface area contributed by atoms with Gasteiger partial charge in [-0.15, -0.1) is 0 Å². The van der Waals surface area contributed by atoms with Crippen molar-refractivity contribution < 1.29 is 4.92 Å². The van der Waals surface area contributed by atoms with Gasteiger partial charge in [0.05, 0.1) is 4.92 Å². The van der Waals surface area contributed by atoms with Gasteiger partial charge in [0, 0.05) is 17.1 Å². The molecule has 0 spiro atoms. The van der Waals surface area contributed by atoms with E-state index < -0.39 is 0 Å². The molecule has 0 aromatic heterocycles. The largest absolute Gasteiger partial charge is 0.377 e. The molecule has 1 N–H and O–H groups in total. The van der Waals surface area contributed by atoms with E-state index in [0.29, 0.717) is 16.8 Å². The average Bonchev–Trinajstić information content (AvgIpc) is 2.54. The number of benzene rings is 1. The second kappa shape index (κ2) is 6.24. The first kappa shape index (κ1) is 14.1. The Morgan fingerprint density at radius 3 is 2.84 bits per heavy atom. The van der Waals surface area contributed by atoms with Gasteiger partial charge in [0.1, 0.15) is 5.69 Å². The lowest BCUT2D eigenvalue weighted by Gasteiger charge is -2.18. The van der Waals surface area contributed by atoms with E-state index in [2.05, 4.69) is 12.2 Å². The van der Waals surface area contributed by atoms with Crippen LogP contribution in [0.4, 0.5) is 11.4 Å². The standard InChI is InChI=1S/C14H19ClN2O2/c1-10-3-2-4-12(7-5-10)16-13-9-11(15)6-8-14(13)17(18)19/h6,8-10,12,16H,2-5,7H2,1H3. The van der Waals surface area contributed by atoms with Crippen molar-refractivity contribution in [3.63, 3.8) is 0 Å². The number of hydrogen-bond acceptors (Lipinski definition) is 3. The topological polar surface area (TPSA) is 55.2 Å². The Bertz CT molecular complexity index is 465. The molecule has 1 aliphatic rings. The molecule has 4 nitrogen and oxygen atoms in total. The van der Waals surface area contributed by atoms with Crippen molar-refractivity contribution in [3.05, 3.63) is 33.3 Å². The van der Waals surface area contributed by atoms with Gasteiger partial charge < -0.3 is 5.32 Å². The minimum absolute atomic E-state index is 0.0988. The molecule has 1 aromatic carbocycles. The highest BCUT2D eigenvalue weighted by Crippen LogP contribution is 2.31. The number of rotatable bonds is 3. The maximum atomic E-state index is 11.0. The third-order valence-corrected chi connectivity index (χ3v) is 4.01. The number of anilines is 1. The van der Waals surface area contributed by atoms with Crippen LogP contribution in [0.2, 0.25) is 5.02 Å². The number of nitro benzene ring substituents is 1. The van der Waals surface area contributed by atoms with Gasteiger partial charge in [-0.3, -0.25) is 10.1 Å². The molecule has 0 radical (unpaired) electrons. The van der Waals surface area contributed by atoms with E-state index in [0.717, 1.165) is 18.8 Å². The van der Waals surface area contributed by atoms with Gasteiger partial charge in [-0.1, -0.05) is 31.4 Å². The zero-order valence-corrected chi connectivity index (χ0v) is 11.8. The van der Waals surface area contributed by atoms with Crippen LogP contribution >= 0.6 is 11.6 Å². The monoisotopic (exact) mass is 282 g/mol. The summed E-state index contributed by atoms with van der Waals surface area (Å²) in [5.74, 6) is 0.751. The van der Waals surface area contributed by atoms with Crippen LogP contribution in [0.15, 0.2) is 18.2 Å². The normalized spacial score (nSPS) is 23.7. The summed E-state index contributed by atoms with van der Waals surface area (Å²) in [6.07, 6.45) is 5.72. The van der Waals surface area contributed by atoms with Crippen LogP contribution in [-0.2, 0) is 0 Å². The highest BCUT2D eigenvalue weighted by Gasteiger charge is 2.20. The Labute approximate surface area is 118 Å². The van der Waals surface area contributed by atoms with Gasteiger partial charge >= 0.3 is 0 Å². The Morgan fingerprint density at radius 1 is 1.32 bits per heavy atom. The fraction of sp³-hybridized carbons (Fsp3) is 0.571. The molecule has 1 aliphatic carbocycles. The zero-order valence-electron chi connectivity index (χ0n) is 11.1. The summed E-state index contributed by atoms with van der Waals surface area (Å²) in [6, 6.07) is 4.97. The first-order chi connectivity index (χ1) is 9.06. The molecule has 2 rings (SSSR count). The maximum absolute atomic E-state index is 11.0. The first-order valence-corrected chi connectivity index (χ1v) is 7.14. The van der Waals surface area contributed by atoms with Crippen LogP contribution in [0, 0.1) is 16.0 Å². The van der Waals surface area contributed by atoms with Gasteiger partial charge in [0.25, 0.3) is 5.69 Å². The number of hydrogen-bond donors (Lipinski definition) is 1. The number of halogens is 1. The van der Waals surface area contributed by atoms with Gasteiger partial charge in [-0.2, -0.15) is 0 Å². The van der Waals surface area contributed by atoms with Gasteiger partial charge in [-0.25, -0.2) is 0 Å². The maximum Gasteiger partial charge on any atom is 0.292 e. The number of nitro groups is 1.